The van der Waals surface area contributed by atoms with Crippen molar-refractivity contribution in [1.29, 1.82) is 0 Å². The van der Waals surface area contributed by atoms with Gasteiger partial charge in [-0.3, -0.25) is 9.97 Å². The minimum absolute atomic E-state index is 0.708. The standard InChI is InChI=1S/C18H13BN2O/c22-19(15-7-1-9-17-13(15)5-3-11-20-17)16-8-2-10-18-14(16)6-4-12-21-18/h1-12,22H. The molecule has 104 valence electrons. The van der Waals surface area contributed by atoms with E-state index in [1.165, 1.54) is 0 Å². The predicted octanol–water partition coefficient (Wildman–Crippen LogP) is 1.88. The first-order chi connectivity index (χ1) is 10.8. The number of nitrogens with zero attached hydrogens (tertiary/aromatic N) is 2. The maximum absolute atomic E-state index is 10.9. The van der Waals surface area contributed by atoms with Crippen LogP contribution in [0, 0.1) is 0 Å². The second-order valence-corrected chi connectivity index (χ2v) is 5.24. The van der Waals surface area contributed by atoms with E-state index in [0.717, 1.165) is 32.7 Å². The van der Waals surface area contributed by atoms with Crippen LogP contribution in [0.15, 0.2) is 73.1 Å². The Morgan fingerprint density at radius 2 is 1.14 bits per heavy atom. The van der Waals surface area contributed by atoms with E-state index >= 15 is 0 Å². The lowest BCUT2D eigenvalue weighted by Crippen LogP contribution is -2.43. The van der Waals surface area contributed by atoms with Gasteiger partial charge in [0.05, 0.1) is 11.0 Å². The molecule has 3 nitrogen and oxygen atoms in total. The van der Waals surface area contributed by atoms with Crippen LogP contribution in [-0.4, -0.2) is 21.9 Å². The highest BCUT2D eigenvalue weighted by Gasteiger charge is 2.21. The molecule has 0 atom stereocenters. The zero-order chi connectivity index (χ0) is 14.9. The zero-order valence-corrected chi connectivity index (χ0v) is 11.8. The molecule has 2 heterocycles. The van der Waals surface area contributed by atoms with Gasteiger partial charge in [-0.2, -0.15) is 0 Å². The van der Waals surface area contributed by atoms with Gasteiger partial charge in [0.2, 0.25) is 0 Å². The van der Waals surface area contributed by atoms with Crippen LogP contribution in [0.5, 0.6) is 0 Å². The fourth-order valence-corrected chi connectivity index (χ4v) is 2.90. The molecule has 0 saturated carbocycles. The van der Waals surface area contributed by atoms with Crippen molar-refractivity contribution < 1.29 is 5.02 Å². The monoisotopic (exact) mass is 284 g/mol. The van der Waals surface area contributed by atoms with Gasteiger partial charge in [0.25, 0.3) is 0 Å². The Morgan fingerprint density at radius 3 is 1.64 bits per heavy atom. The first-order valence-corrected chi connectivity index (χ1v) is 7.20. The van der Waals surface area contributed by atoms with Crippen molar-refractivity contribution >= 4 is 39.6 Å². The zero-order valence-electron chi connectivity index (χ0n) is 11.8. The van der Waals surface area contributed by atoms with Crippen LogP contribution in [0.2, 0.25) is 0 Å². The molecule has 4 rings (SSSR count). The van der Waals surface area contributed by atoms with Crippen molar-refractivity contribution in [3.8, 4) is 0 Å². The number of benzene rings is 2. The van der Waals surface area contributed by atoms with E-state index in [0.29, 0.717) is 0 Å². The Balaban J connectivity index is 1.94. The van der Waals surface area contributed by atoms with Gasteiger partial charge in [-0.05, 0) is 46.0 Å². The summed E-state index contributed by atoms with van der Waals surface area (Å²) in [6, 6.07) is 19.4. The van der Waals surface area contributed by atoms with Crippen molar-refractivity contribution in [2.75, 3.05) is 0 Å². The molecular formula is C18H13BN2O. The topological polar surface area (TPSA) is 46.0 Å². The molecule has 0 saturated heterocycles. The summed E-state index contributed by atoms with van der Waals surface area (Å²) in [5.41, 5.74) is 3.50. The lowest BCUT2D eigenvalue weighted by atomic mass is 9.54. The molecule has 0 aliphatic rings. The highest BCUT2D eigenvalue weighted by molar-refractivity contribution is 6.82. The summed E-state index contributed by atoms with van der Waals surface area (Å²) in [7, 11) is 0. The van der Waals surface area contributed by atoms with Gasteiger partial charge in [-0.15, -0.1) is 0 Å². The molecule has 4 heteroatoms. The molecule has 0 unspecified atom stereocenters. The molecule has 0 fully saturated rings. The summed E-state index contributed by atoms with van der Waals surface area (Å²) in [6.07, 6.45) is 3.53. The number of rotatable bonds is 2. The van der Waals surface area contributed by atoms with Crippen LogP contribution >= 0.6 is 0 Å². The van der Waals surface area contributed by atoms with Gasteiger partial charge in [-0.25, -0.2) is 0 Å². The van der Waals surface area contributed by atoms with E-state index in [4.69, 9.17) is 0 Å². The molecule has 0 aliphatic heterocycles. The molecule has 0 radical (unpaired) electrons. The number of hydrogen-bond donors (Lipinski definition) is 1. The van der Waals surface area contributed by atoms with E-state index in [-0.39, 0.29) is 0 Å². The van der Waals surface area contributed by atoms with E-state index < -0.39 is 6.92 Å². The van der Waals surface area contributed by atoms with Crippen molar-refractivity contribution in [2.24, 2.45) is 0 Å². The smallest absolute Gasteiger partial charge is 0.360 e. The maximum atomic E-state index is 10.9. The Hall–Kier alpha value is -2.72. The molecular weight excluding hydrogens is 271 g/mol. The number of hydrogen-bond acceptors (Lipinski definition) is 3. The van der Waals surface area contributed by atoms with Crippen molar-refractivity contribution in [3.63, 3.8) is 0 Å². The molecule has 0 bridgehead atoms. The molecule has 0 amide bonds. The third kappa shape index (κ3) is 2.05. The number of aromatic nitrogens is 2. The predicted molar refractivity (Wildman–Crippen MR) is 90.7 cm³/mol. The van der Waals surface area contributed by atoms with Crippen LogP contribution in [0.3, 0.4) is 0 Å². The van der Waals surface area contributed by atoms with Gasteiger partial charge in [0, 0.05) is 12.4 Å². The number of fused-ring (bicyclic) bond motifs is 2. The van der Waals surface area contributed by atoms with Gasteiger partial charge in [0.1, 0.15) is 0 Å². The first-order valence-electron chi connectivity index (χ1n) is 7.20. The van der Waals surface area contributed by atoms with Gasteiger partial charge in [-0.1, -0.05) is 36.4 Å². The van der Waals surface area contributed by atoms with Crippen LogP contribution in [-0.2, 0) is 0 Å². The third-order valence-corrected chi connectivity index (χ3v) is 3.95. The maximum Gasteiger partial charge on any atom is 0.360 e. The van der Waals surface area contributed by atoms with Gasteiger partial charge < -0.3 is 5.02 Å². The number of pyridine rings is 2. The molecule has 2 aromatic heterocycles. The van der Waals surface area contributed by atoms with Crippen molar-refractivity contribution in [2.45, 2.75) is 0 Å². The van der Waals surface area contributed by atoms with E-state index in [1.54, 1.807) is 12.4 Å². The van der Waals surface area contributed by atoms with Crippen LogP contribution in [0.25, 0.3) is 21.8 Å². The summed E-state index contributed by atoms with van der Waals surface area (Å²) >= 11 is 0. The summed E-state index contributed by atoms with van der Waals surface area (Å²) in [5, 5.41) is 12.9. The van der Waals surface area contributed by atoms with Gasteiger partial charge in [0.15, 0.2) is 0 Å². The second kappa shape index (κ2) is 5.24. The Labute approximate surface area is 128 Å². The van der Waals surface area contributed by atoms with E-state index in [2.05, 4.69) is 9.97 Å². The molecule has 22 heavy (non-hydrogen) atoms. The van der Waals surface area contributed by atoms with Crippen LogP contribution in [0.4, 0.5) is 0 Å². The molecule has 0 spiro atoms. The summed E-state index contributed by atoms with van der Waals surface area (Å²) < 4.78 is 0. The summed E-state index contributed by atoms with van der Waals surface area (Å²) in [6.45, 7) is -0.708. The highest BCUT2D eigenvalue weighted by atomic mass is 16.2. The molecule has 0 aliphatic carbocycles. The van der Waals surface area contributed by atoms with E-state index in [1.807, 2.05) is 60.7 Å². The molecule has 2 aromatic carbocycles. The third-order valence-electron chi connectivity index (χ3n) is 3.95. The lowest BCUT2D eigenvalue weighted by molar-refractivity contribution is 0.601. The fourth-order valence-electron chi connectivity index (χ4n) is 2.90. The minimum Gasteiger partial charge on any atom is -0.443 e. The quantitative estimate of drug-likeness (QED) is 0.572. The van der Waals surface area contributed by atoms with Crippen molar-refractivity contribution in [1.82, 2.24) is 9.97 Å². The SMILES string of the molecule is OB(c1cccc2ncccc12)c1cccc2ncccc12. The van der Waals surface area contributed by atoms with Gasteiger partial charge >= 0.3 is 6.92 Å². The Kier molecular flexibility index (Phi) is 3.09. The van der Waals surface area contributed by atoms with E-state index in [9.17, 15) is 5.02 Å². The largest absolute Gasteiger partial charge is 0.443 e. The normalized spacial score (nSPS) is 11.0. The molecule has 4 aromatic rings. The second-order valence-electron chi connectivity index (χ2n) is 5.24. The average molecular weight is 284 g/mol. The lowest BCUT2D eigenvalue weighted by Gasteiger charge is -2.12. The molecule has 1 N–H and O–H groups in total. The van der Waals surface area contributed by atoms with Crippen LogP contribution in [0.1, 0.15) is 0 Å². The Bertz CT molecular complexity index is 881. The average Bonchev–Trinajstić information content (AvgIpc) is 2.60. The highest BCUT2D eigenvalue weighted by Crippen LogP contribution is 2.12. The summed E-state index contributed by atoms with van der Waals surface area (Å²) in [5.74, 6) is 0. The fraction of sp³-hybridized carbons (Fsp3) is 0. The minimum atomic E-state index is -0.708. The van der Waals surface area contributed by atoms with Crippen LogP contribution < -0.4 is 10.9 Å². The van der Waals surface area contributed by atoms with Crippen molar-refractivity contribution in [3.05, 3.63) is 73.1 Å². The first kappa shape index (κ1) is 13.0. The Morgan fingerprint density at radius 1 is 0.636 bits per heavy atom. The summed E-state index contributed by atoms with van der Waals surface area (Å²) in [4.78, 5) is 8.71.